The van der Waals surface area contributed by atoms with Crippen LogP contribution in [0.5, 0.6) is 0 Å². The molecule has 0 aliphatic rings. The minimum Gasteiger partial charge on any atom is -0.537 e. The molecule has 0 saturated heterocycles. The molecule has 11 heavy (non-hydrogen) atoms. The number of carboxylic acids is 1. The minimum atomic E-state index is -1.38. The number of carboxylic acid groups (broad SMARTS) is 1. The number of rotatable bonds is 0. The van der Waals surface area contributed by atoms with Crippen LogP contribution >= 0.6 is 11.3 Å². The van der Waals surface area contributed by atoms with Gasteiger partial charge >= 0.3 is 51.4 Å². The maximum atomic E-state index is 9.79. The van der Waals surface area contributed by atoms with Crippen molar-refractivity contribution in [3.05, 3.63) is 16.6 Å². The van der Waals surface area contributed by atoms with Gasteiger partial charge in [-0.3, -0.25) is 0 Å². The van der Waals surface area contributed by atoms with E-state index >= 15 is 0 Å². The van der Waals surface area contributed by atoms with Crippen LogP contribution < -0.4 is 56.5 Å². The third-order valence-corrected chi connectivity index (χ3v) is 1.39. The van der Waals surface area contributed by atoms with Crippen LogP contribution in [0.4, 0.5) is 0 Å². The molecular weight excluding hydrogens is 189 g/mol. The zero-order valence-corrected chi connectivity index (χ0v) is 9.77. The summed E-state index contributed by atoms with van der Waals surface area (Å²) >= 11 is 1.29. The van der Waals surface area contributed by atoms with Crippen LogP contribution in [0.25, 0.3) is 0 Å². The first-order chi connectivity index (χ1) is 4.79. The molecule has 0 aromatic carbocycles. The zero-order valence-electron chi connectivity index (χ0n) is 5.83. The second-order valence-corrected chi connectivity index (χ2v) is 2.27. The average molecular weight is 191 g/mol. The smallest absolute Gasteiger partial charge is 0.537 e. The quantitative estimate of drug-likeness (QED) is 0.313. The molecule has 0 fully saturated rings. The molecule has 0 amide bonds. The van der Waals surface area contributed by atoms with Gasteiger partial charge in [0.15, 0.2) is 5.01 Å². The first-order valence-corrected chi connectivity index (χ1v) is 3.29. The molecule has 3 nitrogen and oxygen atoms in total. The third-order valence-electron chi connectivity index (χ3n) is 0.704. The zero-order chi connectivity index (χ0) is 7.40. The topological polar surface area (TPSA) is 53.0 Å². The Hall–Kier alpha value is 0.296. The fourth-order valence-electron chi connectivity index (χ4n) is 0.390. The molecule has 50 valence electrons. The van der Waals surface area contributed by atoms with Gasteiger partial charge in [0.05, 0.1) is 0 Å². The van der Waals surface area contributed by atoms with Crippen molar-refractivity contribution in [2.24, 2.45) is 0 Å². The Kier molecular flexibility index (Phi) is 6.04. The van der Waals surface area contributed by atoms with Gasteiger partial charge in [-0.1, -0.05) is 0 Å². The number of carbonyl (C=O) groups is 1. The summed E-state index contributed by atoms with van der Waals surface area (Å²) in [4.78, 5) is 13.5. The first-order valence-electron chi connectivity index (χ1n) is 2.41. The molecule has 1 heterocycles. The number of nitrogens with zero attached hydrogens (tertiary/aromatic N) is 1. The van der Waals surface area contributed by atoms with Gasteiger partial charge in [0, 0.05) is 11.6 Å². The Morgan fingerprint density at radius 3 is 2.91 bits per heavy atom. The molecule has 0 aliphatic heterocycles. The van der Waals surface area contributed by atoms with Crippen LogP contribution in [0, 0.1) is 11.8 Å². The van der Waals surface area contributed by atoms with Crippen molar-refractivity contribution in [3.8, 4) is 11.8 Å². The summed E-state index contributed by atoms with van der Waals surface area (Å²) in [6.07, 6.45) is 1.56. The van der Waals surface area contributed by atoms with Crippen molar-refractivity contribution < 1.29 is 61.3 Å². The van der Waals surface area contributed by atoms with Gasteiger partial charge in [0.2, 0.25) is 0 Å². The predicted molar refractivity (Wildman–Crippen MR) is 34.0 cm³/mol. The van der Waals surface area contributed by atoms with Crippen LogP contribution in [-0.4, -0.2) is 11.0 Å². The molecule has 1 aromatic rings. The van der Waals surface area contributed by atoms with E-state index in [1.165, 1.54) is 11.3 Å². The molecule has 1 rings (SSSR count). The fraction of sp³-hybridized carbons (Fsp3) is 0. The van der Waals surface area contributed by atoms with Crippen molar-refractivity contribution in [2.75, 3.05) is 0 Å². The number of hydrogen-bond donors (Lipinski definition) is 0. The maximum absolute atomic E-state index is 9.79. The van der Waals surface area contributed by atoms with Crippen LogP contribution in [0.1, 0.15) is 5.01 Å². The minimum absolute atomic E-state index is 0. The summed E-state index contributed by atoms with van der Waals surface area (Å²) < 4.78 is 0. The Morgan fingerprint density at radius 2 is 2.45 bits per heavy atom. The largest absolute Gasteiger partial charge is 1.00 e. The molecule has 1 aromatic heterocycles. The number of aromatic nitrogens is 1. The fourth-order valence-corrected chi connectivity index (χ4v) is 0.872. The van der Waals surface area contributed by atoms with E-state index < -0.39 is 5.97 Å². The van der Waals surface area contributed by atoms with E-state index in [1.807, 2.05) is 5.92 Å². The number of thiazole rings is 1. The first kappa shape index (κ1) is 11.3. The molecule has 0 saturated carbocycles. The molecule has 0 unspecified atom stereocenters. The SMILES string of the molecule is O=C([O-])C#Cc1nccs1.[K+]. The Morgan fingerprint density at radius 1 is 1.73 bits per heavy atom. The summed E-state index contributed by atoms with van der Waals surface area (Å²) in [5, 5.41) is 12.0. The Balaban J connectivity index is 0.000001000. The number of aliphatic carboxylic acids is 1. The van der Waals surface area contributed by atoms with Gasteiger partial charge in [-0.2, -0.15) is 0 Å². The molecule has 0 spiro atoms. The van der Waals surface area contributed by atoms with Crippen molar-refractivity contribution in [2.45, 2.75) is 0 Å². The van der Waals surface area contributed by atoms with Gasteiger partial charge in [-0.25, -0.2) is 4.98 Å². The molecule has 0 radical (unpaired) electrons. The molecule has 0 bridgehead atoms. The predicted octanol–water partition coefficient (Wildman–Crippen LogP) is -3.75. The second kappa shape index (κ2) is 5.89. The summed E-state index contributed by atoms with van der Waals surface area (Å²) in [7, 11) is 0. The molecule has 0 aliphatic carbocycles. The second-order valence-electron chi connectivity index (χ2n) is 1.37. The standard InChI is InChI=1S/C6H3NO2S.K/c8-6(9)2-1-5-7-3-4-10-5;/h3-4H,(H,8,9);/q;+1/p-1. The van der Waals surface area contributed by atoms with E-state index in [2.05, 4.69) is 10.9 Å². The van der Waals surface area contributed by atoms with E-state index in [4.69, 9.17) is 0 Å². The van der Waals surface area contributed by atoms with Gasteiger partial charge in [-0.05, 0) is 11.8 Å². The number of hydrogen-bond acceptors (Lipinski definition) is 4. The van der Waals surface area contributed by atoms with Crippen molar-refractivity contribution >= 4 is 17.3 Å². The maximum Gasteiger partial charge on any atom is 1.00 e. The van der Waals surface area contributed by atoms with E-state index in [-0.39, 0.29) is 51.4 Å². The van der Waals surface area contributed by atoms with Crippen molar-refractivity contribution in [3.63, 3.8) is 0 Å². The Labute approximate surface area is 110 Å². The van der Waals surface area contributed by atoms with Crippen LogP contribution in [0.15, 0.2) is 11.6 Å². The van der Waals surface area contributed by atoms with E-state index in [0.29, 0.717) is 5.01 Å². The third kappa shape index (κ3) is 4.69. The van der Waals surface area contributed by atoms with Crippen molar-refractivity contribution in [1.82, 2.24) is 4.98 Å². The molecule has 0 atom stereocenters. The molecular formula is C6H2KNO2S. The average Bonchev–Trinajstić information content (AvgIpc) is 2.34. The normalized spacial score (nSPS) is 7.27. The molecule has 5 heteroatoms. The van der Waals surface area contributed by atoms with Gasteiger partial charge in [0.1, 0.15) is 5.97 Å². The van der Waals surface area contributed by atoms with Crippen LogP contribution in [0.2, 0.25) is 0 Å². The van der Waals surface area contributed by atoms with E-state index in [1.54, 1.807) is 11.6 Å². The summed E-state index contributed by atoms with van der Waals surface area (Å²) in [6, 6.07) is 0. The van der Waals surface area contributed by atoms with E-state index in [0.717, 1.165) is 0 Å². The molecule has 0 N–H and O–H groups in total. The summed E-state index contributed by atoms with van der Waals surface area (Å²) in [5.41, 5.74) is 0. The van der Waals surface area contributed by atoms with Crippen molar-refractivity contribution in [1.29, 1.82) is 0 Å². The van der Waals surface area contributed by atoms with Crippen LogP contribution in [0.3, 0.4) is 0 Å². The summed E-state index contributed by atoms with van der Waals surface area (Å²) in [6.45, 7) is 0. The summed E-state index contributed by atoms with van der Waals surface area (Å²) in [5.74, 6) is 2.79. The van der Waals surface area contributed by atoms with Gasteiger partial charge in [0.25, 0.3) is 0 Å². The number of carbonyl (C=O) groups excluding carboxylic acids is 1. The van der Waals surface area contributed by atoms with Gasteiger partial charge < -0.3 is 9.90 Å². The monoisotopic (exact) mass is 191 g/mol. The Bertz CT molecular complexity index is 285. The van der Waals surface area contributed by atoms with Gasteiger partial charge in [-0.15, -0.1) is 11.3 Å². The van der Waals surface area contributed by atoms with Crippen LogP contribution in [-0.2, 0) is 4.79 Å². The van der Waals surface area contributed by atoms with E-state index in [9.17, 15) is 9.90 Å².